The largest absolute Gasteiger partial charge is 0.456 e. The predicted octanol–water partition coefficient (Wildman–Crippen LogP) is 14.8. The number of aromatic nitrogens is 3. The molecular weight excluding hydrogens is 735 g/mol. The van der Waals surface area contributed by atoms with Crippen molar-refractivity contribution in [1.82, 2.24) is 15.0 Å². The third-order valence-corrected chi connectivity index (χ3v) is 11.6. The minimum atomic E-state index is 0.565. The highest BCUT2D eigenvalue weighted by molar-refractivity contribution is 6.17. The van der Waals surface area contributed by atoms with Gasteiger partial charge in [-0.1, -0.05) is 170 Å². The molecule has 0 atom stereocenters. The van der Waals surface area contributed by atoms with Gasteiger partial charge in [-0.15, -0.1) is 0 Å². The van der Waals surface area contributed by atoms with E-state index in [9.17, 15) is 0 Å². The first kappa shape index (κ1) is 33.9. The molecule has 3 aromatic heterocycles. The van der Waals surface area contributed by atoms with E-state index in [4.69, 9.17) is 23.8 Å². The van der Waals surface area contributed by atoms with Gasteiger partial charge in [-0.05, 0) is 68.9 Å². The van der Waals surface area contributed by atoms with Gasteiger partial charge in [0.05, 0.1) is 0 Å². The average Bonchev–Trinajstić information content (AvgIpc) is 3.90. The maximum atomic E-state index is 6.85. The van der Waals surface area contributed by atoms with Crippen LogP contribution in [0.4, 0.5) is 0 Å². The molecule has 12 aromatic rings. The SMILES string of the molecule is c1ccc(-c2ccc(-c3nc(-c4ccc5oc6ccccc6c5c4)nc(-c4cccc5oc6c(-c7ccc(-c8ccccc8)c8ccccc78)cccc6c45)n3)cc2)cc1. The van der Waals surface area contributed by atoms with E-state index < -0.39 is 0 Å². The van der Waals surface area contributed by atoms with Crippen molar-refractivity contribution < 1.29 is 8.83 Å². The average molecular weight is 768 g/mol. The molecule has 0 radical (unpaired) electrons. The topological polar surface area (TPSA) is 65.0 Å². The minimum absolute atomic E-state index is 0.565. The summed E-state index contributed by atoms with van der Waals surface area (Å²) in [5, 5.41) is 6.37. The first-order valence-corrected chi connectivity index (χ1v) is 20.1. The normalized spacial score (nSPS) is 11.7. The summed E-state index contributed by atoms with van der Waals surface area (Å²) < 4.78 is 13.0. The van der Waals surface area contributed by atoms with Crippen molar-refractivity contribution in [2.24, 2.45) is 0 Å². The maximum absolute atomic E-state index is 6.85. The molecule has 5 nitrogen and oxygen atoms in total. The van der Waals surface area contributed by atoms with Crippen LogP contribution >= 0.6 is 0 Å². The van der Waals surface area contributed by atoms with E-state index >= 15 is 0 Å². The Kier molecular flexibility index (Phi) is 7.78. The first-order valence-electron chi connectivity index (χ1n) is 20.1. The molecule has 0 bridgehead atoms. The van der Waals surface area contributed by atoms with Gasteiger partial charge in [-0.25, -0.2) is 15.0 Å². The highest BCUT2D eigenvalue weighted by Crippen LogP contribution is 2.43. The Bertz CT molecular complexity index is 3590. The standard InChI is InChI=1S/C55H33N3O2/c1-3-13-34(14-4-1)35-25-27-37(28-26-35)53-56-54(38-29-32-49-47(33-38)43-19-9-10-23-48(43)59-49)58-55(57-53)46-22-12-24-50-51(46)45-21-11-20-44(52(45)60-50)42-31-30-39(36-15-5-2-6-16-36)40-17-7-8-18-41(40)42/h1-33H. The first-order chi connectivity index (χ1) is 29.7. The summed E-state index contributed by atoms with van der Waals surface area (Å²) in [6.45, 7) is 0. The Morgan fingerprint density at radius 1 is 0.267 bits per heavy atom. The summed E-state index contributed by atoms with van der Waals surface area (Å²) >= 11 is 0. The lowest BCUT2D eigenvalue weighted by Crippen LogP contribution is -2.00. The Hall–Kier alpha value is -8.15. The van der Waals surface area contributed by atoms with Gasteiger partial charge in [0.25, 0.3) is 0 Å². The summed E-state index contributed by atoms with van der Waals surface area (Å²) in [6, 6.07) is 69.2. The van der Waals surface area contributed by atoms with Crippen LogP contribution in [0, 0.1) is 0 Å². The van der Waals surface area contributed by atoms with Crippen LogP contribution in [0.3, 0.4) is 0 Å². The number of hydrogen-bond acceptors (Lipinski definition) is 5. The van der Waals surface area contributed by atoms with Gasteiger partial charge in [0.2, 0.25) is 0 Å². The highest BCUT2D eigenvalue weighted by Gasteiger charge is 2.21. The molecule has 0 fully saturated rings. The smallest absolute Gasteiger partial charge is 0.164 e. The number of para-hydroxylation sites is 2. The van der Waals surface area contributed by atoms with Crippen LogP contribution in [-0.4, -0.2) is 15.0 Å². The summed E-state index contributed by atoms with van der Waals surface area (Å²) in [7, 11) is 0. The molecule has 0 amide bonds. The number of hydrogen-bond donors (Lipinski definition) is 0. The van der Waals surface area contributed by atoms with Crippen molar-refractivity contribution in [3.8, 4) is 67.5 Å². The zero-order valence-corrected chi connectivity index (χ0v) is 32.2. The Morgan fingerprint density at radius 2 is 0.800 bits per heavy atom. The third kappa shape index (κ3) is 5.59. The van der Waals surface area contributed by atoms with Gasteiger partial charge in [-0.3, -0.25) is 0 Å². The van der Waals surface area contributed by atoms with Crippen molar-refractivity contribution >= 4 is 54.6 Å². The summed E-state index contributed by atoms with van der Waals surface area (Å²) in [5.41, 5.74) is 12.7. The molecule has 9 aromatic carbocycles. The van der Waals surface area contributed by atoms with Crippen LogP contribution < -0.4 is 0 Å². The van der Waals surface area contributed by atoms with Crippen molar-refractivity contribution in [1.29, 1.82) is 0 Å². The zero-order valence-electron chi connectivity index (χ0n) is 32.2. The van der Waals surface area contributed by atoms with Gasteiger partial charge in [0, 0.05) is 43.8 Å². The van der Waals surface area contributed by atoms with Gasteiger partial charge in [-0.2, -0.15) is 0 Å². The fourth-order valence-corrected chi connectivity index (χ4v) is 8.71. The molecule has 60 heavy (non-hydrogen) atoms. The third-order valence-electron chi connectivity index (χ3n) is 11.6. The number of rotatable bonds is 6. The molecule has 0 saturated carbocycles. The van der Waals surface area contributed by atoms with E-state index in [1.807, 2.05) is 48.5 Å². The van der Waals surface area contributed by atoms with Crippen LogP contribution in [0.5, 0.6) is 0 Å². The monoisotopic (exact) mass is 767 g/mol. The van der Waals surface area contributed by atoms with E-state index in [0.717, 1.165) is 82.8 Å². The molecule has 0 aliphatic heterocycles. The summed E-state index contributed by atoms with van der Waals surface area (Å²) in [6.07, 6.45) is 0. The Labute approximate surface area is 344 Å². The van der Waals surface area contributed by atoms with Crippen molar-refractivity contribution in [3.63, 3.8) is 0 Å². The molecule has 280 valence electrons. The molecule has 5 heteroatoms. The quantitative estimate of drug-likeness (QED) is 0.169. The zero-order chi connectivity index (χ0) is 39.6. The van der Waals surface area contributed by atoms with Crippen LogP contribution in [0.2, 0.25) is 0 Å². The number of furan rings is 2. The van der Waals surface area contributed by atoms with E-state index in [1.165, 1.54) is 21.9 Å². The molecule has 3 heterocycles. The van der Waals surface area contributed by atoms with Crippen molar-refractivity contribution in [2.45, 2.75) is 0 Å². The van der Waals surface area contributed by atoms with Gasteiger partial charge >= 0.3 is 0 Å². The lowest BCUT2D eigenvalue weighted by molar-refractivity contribution is 0.669. The van der Waals surface area contributed by atoms with Gasteiger partial charge in [0.15, 0.2) is 17.5 Å². The predicted molar refractivity (Wildman–Crippen MR) is 245 cm³/mol. The molecule has 0 unspecified atom stereocenters. The lowest BCUT2D eigenvalue weighted by atomic mass is 9.91. The maximum Gasteiger partial charge on any atom is 0.164 e. The van der Waals surface area contributed by atoms with E-state index in [0.29, 0.717) is 17.5 Å². The Morgan fingerprint density at radius 3 is 1.60 bits per heavy atom. The van der Waals surface area contributed by atoms with Crippen LogP contribution in [-0.2, 0) is 0 Å². The van der Waals surface area contributed by atoms with E-state index in [2.05, 4.69) is 152 Å². The van der Waals surface area contributed by atoms with Crippen molar-refractivity contribution in [3.05, 3.63) is 200 Å². The fraction of sp³-hybridized carbons (Fsp3) is 0. The molecule has 0 aliphatic rings. The number of benzene rings is 9. The molecule has 0 spiro atoms. The minimum Gasteiger partial charge on any atom is -0.456 e. The summed E-state index contributed by atoms with van der Waals surface area (Å²) in [4.78, 5) is 15.6. The van der Waals surface area contributed by atoms with Crippen LogP contribution in [0.25, 0.3) is 122 Å². The van der Waals surface area contributed by atoms with Gasteiger partial charge in [0.1, 0.15) is 22.3 Å². The molecule has 0 saturated heterocycles. The van der Waals surface area contributed by atoms with Crippen molar-refractivity contribution in [2.75, 3.05) is 0 Å². The Balaban J connectivity index is 1.05. The van der Waals surface area contributed by atoms with Gasteiger partial charge < -0.3 is 8.83 Å². The lowest BCUT2D eigenvalue weighted by Gasteiger charge is -2.12. The molecule has 0 N–H and O–H groups in total. The number of fused-ring (bicyclic) bond motifs is 7. The van der Waals surface area contributed by atoms with E-state index in [1.54, 1.807) is 0 Å². The van der Waals surface area contributed by atoms with Crippen LogP contribution in [0.15, 0.2) is 209 Å². The second-order valence-corrected chi connectivity index (χ2v) is 15.1. The molecular formula is C55H33N3O2. The fourth-order valence-electron chi connectivity index (χ4n) is 8.71. The highest BCUT2D eigenvalue weighted by atomic mass is 16.3. The molecule has 12 rings (SSSR count). The number of nitrogens with zero attached hydrogens (tertiary/aromatic N) is 3. The van der Waals surface area contributed by atoms with E-state index in [-0.39, 0.29) is 0 Å². The summed E-state index contributed by atoms with van der Waals surface area (Å²) in [5.74, 6) is 1.72. The second kappa shape index (κ2) is 13.8. The second-order valence-electron chi connectivity index (χ2n) is 15.1. The molecule has 0 aliphatic carbocycles. The van der Waals surface area contributed by atoms with Crippen LogP contribution in [0.1, 0.15) is 0 Å².